The molecule has 0 radical (unpaired) electrons. The molecule has 0 aliphatic heterocycles. The Kier molecular flexibility index (Phi) is 6.11. The number of benzene rings is 2. The van der Waals surface area contributed by atoms with E-state index in [1.807, 2.05) is 54.6 Å². The molecule has 0 bridgehead atoms. The summed E-state index contributed by atoms with van der Waals surface area (Å²) in [7, 11) is 0.759. The summed E-state index contributed by atoms with van der Waals surface area (Å²) in [5.41, 5.74) is -0.303. The molecule has 1 saturated carbocycles. The lowest BCUT2D eigenvalue weighted by atomic mass is 9.88. The molecule has 4 nitrogen and oxygen atoms in total. The van der Waals surface area contributed by atoms with Crippen LogP contribution in [0.4, 0.5) is 0 Å². The Morgan fingerprint density at radius 2 is 1.53 bits per heavy atom. The molecule has 0 amide bonds. The van der Waals surface area contributed by atoms with E-state index < -0.39 is 25.4 Å². The Bertz CT molecular complexity index is 907. The molecule has 0 heterocycles. The van der Waals surface area contributed by atoms with E-state index in [1.54, 1.807) is 7.11 Å². The molecule has 0 unspecified atom stereocenters. The first-order valence-corrected chi connectivity index (χ1v) is 13.8. The molecule has 1 aliphatic carbocycles. The minimum atomic E-state index is -2.31. The number of hydrogen-bond donors (Lipinski definition) is 0. The fourth-order valence-electron chi connectivity index (χ4n) is 4.19. The average molecular weight is 491 g/mol. The number of halogens is 1. The lowest BCUT2D eigenvalue weighted by molar-refractivity contribution is -0.146. The highest BCUT2D eigenvalue weighted by atomic mass is 79.9. The monoisotopic (exact) mass is 490 g/mol. The second-order valence-corrected chi connectivity index (χ2v) is 15.0. The number of esters is 1. The third-order valence-corrected chi connectivity index (χ3v) is 11.7. The van der Waals surface area contributed by atoms with Gasteiger partial charge in [0.05, 0.1) is 7.11 Å². The van der Waals surface area contributed by atoms with Gasteiger partial charge in [-0.15, -0.1) is 0 Å². The molecule has 0 spiro atoms. The number of carbonyl (C=O) groups excluding carboxylic acids is 1. The topological polar surface area (TPSA) is 44.8 Å². The average Bonchev–Trinajstić information content (AvgIpc) is 3.30. The van der Waals surface area contributed by atoms with E-state index in [4.69, 9.17) is 13.9 Å². The highest BCUT2D eigenvalue weighted by molar-refractivity contribution is 9.10. The molecular weight excluding hydrogens is 460 g/mol. The molecule has 3 rings (SSSR count). The SMILES string of the molecule is COC(=O)[C@]1(c2ccc(Br)cc2)[C@@H](OC)[C@]1(O[Si](C)(C)C(C)(C)C)c1ccccc1. The molecule has 30 heavy (non-hydrogen) atoms. The second-order valence-electron chi connectivity index (χ2n) is 9.39. The van der Waals surface area contributed by atoms with Crippen LogP contribution in [0.1, 0.15) is 31.9 Å². The fourth-order valence-corrected chi connectivity index (χ4v) is 5.95. The van der Waals surface area contributed by atoms with Crippen LogP contribution in [0, 0.1) is 0 Å². The summed E-state index contributed by atoms with van der Waals surface area (Å²) in [6.45, 7) is 11.0. The number of carbonyl (C=O) groups is 1. The molecule has 1 aliphatic rings. The smallest absolute Gasteiger partial charge is 0.322 e. The maximum atomic E-state index is 13.5. The van der Waals surface area contributed by atoms with E-state index in [0.717, 1.165) is 15.6 Å². The van der Waals surface area contributed by atoms with Gasteiger partial charge in [-0.2, -0.15) is 0 Å². The second kappa shape index (κ2) is 7.90. The molecule has 1 fully saturated rings. The van der Waals surface area contributed by atoms with Crippen LogP contribution >= 0.6 is 15.9 Å². The maximum Gasteiger partial charge on any atom is 0.322 e. The summed E-state index contributed by atoms with van der Waals surface area (Å²) in [5, 5.41) is -0.0444. The lowest BCUT2D eigenvalue weighted by Crippen LogP contribution is -2.47. The standard InChI is InChI=1S/C24H31BrO4Si/c1-22(2,3)30(6,7)29-24(18-11-9-8-10-12-18)20(27-4)23(24,21(26)28-5)17-13-15-19(25)16-14-17/h8-16,20H,1-7H3/t20-,23+,24-/m1/s1. The van der Waals surface area contributed by atoms with Crippen LogP contribution in [-0.2, 0) is 29.7 Å². The Labute approximate surface area is 189 Å². The summed E-state index contributed by atoms with van der Waals surface area (Å²) in [4.78, 5) is 13.5. The van der Waals surface area contributed by atoms with Crippen LogP contribution in [0.25, 0.3) is 0 Å². The molecule has 0 aromatic heterocycles. The maximum absolute atomic E-state index is 13.5. The molecule has 6 heteroatoms. The molecular formula is C24H31BrO4Si. The zero-order chi connectivity index (χ0) is 22.4. The summed E-state index contributed by atoms with van der Waals surface area (Å²) >= 11 is 3.50. The number of methoxy groups -OCH3 is 2. The highest BCUT2D eigenvalue weighted by Gasteiger charge is 2.86. The van der Waals surface area contributed by atoms with Crippen molar-refractivity contribution in [3.05, 3.63) is 70.2 Å². The van der Waals surface area contributed by atoms with E-state index in [-0.39, 0.29) is 11.0 Å². The Balaban J connectivity index is 2.32. The molecule has 3 atom stereocenters. The van der Waals surface area contributed by atoms with Crippen LogP contribution < -0.4 is 0 Å². The van der Waals surface area contributed by atoms with Crippen molar-refractivity contribution >= 4 is 30.2 Å². The van der Waals surface area contributed by atoms with Gasteiger partial charge < -0.3 is 13.9 Å². The van der Waals surface area contributed by atoms with Crippen molar-refractivity contribution < 1.29 is 18.7 Å². The van der Waals surface area contributed by atoms with Gasteiger partial charge in [-0.1, -0.05) is 79.2 Å². The first kappa shape index (κ1) is 23.2. The predicted octanol–water partition coefficient (Wildman–Crippen LogP) is 5.81. The minimum absolute atomic E-state index is 0.0444. The third-order valence-electron chi connectivity index (χ3n) is 6.73. The molecule has 2 aromatic carbocycles. The van der Waals surface area contributed by atoms with Crippen LogP contribution in [0.2, 0.25) is 18.1 Å². The fraction of sp³-hybridized carbons (Fsp3) is 0.458. The first-order chi connectivity index (χ1) is 14.0. The summed E-state index contributed by atoms with van der Waals surface area (Å²) < 4.78 is 19.4. The summed E-state index contributed by atoms with van der Waals surface area (Å²) in [6.07, 6.45) is -0.504. The Morgan fingerprint density at radius 1 is 0.967 bits per heavy atom. The number of ether oxygens (including phenoxy) is 2. The van der Waals surface area contributed by atoms with Crippen molar-refractivity contribution in [3.63, 3.8) is 0 Å². The number of rotatable bonds is 6. The van der Waals surface area contributed by atoms with Crippen LogP contribution in [-0.4, -0.2) is 34.6 Å². The summed E-state index contributed by atoms with van der Waals surface area (Å²) in [5.74, 6) is -0.348. The van der Waals surface area contributed by atoms with Gasteiger partial charge in [-0.3, -0.25) is 4.79 Å². The Morgan fingerprint density at radius 3 is 2.00 bits per heavy atom. The predicted molar refractivity (Wildman–Crippen MR) is 125 cm³/mol. The van der Waals surface area contributed by atoms with Crippen molar-refractivity contribution in [2.45, 2.75) is 56.0 Å². The van der Waals surface area contributed by atoms with Gasteiger partial charge in [0.2, 0.25) is 0 Å². The van der Waals surface area contributed by atoms with Gasteiger partial charge in [-0.25, -0.2) is 0 Å². The largest absolute Gasteiger partial charge is 0.468 e. The van der Waals surface area contributed by atoms with Crippen LogP contribution in [0.15, 0.2) is 59.1 Å². The van der Waals surface area contributed by atoms with E-state index in [0.29, 0.717) is 0 Å². The van der Waals surface area contributed by atoms with Gasteiger partial charge in [-0.05, 0) is 41.4 Å². The van der Waals surface area contributed by atoms with Crippen molar-refractivity contribution in [3.8, 4) is 0 Å². The zero-order valence-corrected chi connectivity index (χ0v) is 21.4. The van der Waals surface area contributed by atoms with Gasteiger partial charge >= 0.3 is 5.97 Å². The van der Waals surface area contributed by atoms with Crippen molar-refractivity contribution in [1.29, 1.82) is 0 Å². The quantitative estimate of drug-likeness (QED) is 0.378. The lowest BCUT2D eigenvalue weighted by Gasteiger charge is -2.41. The van der Waals surface area contributed by atoms with E-state index >= 15 is 0 Å². The van der Waals surface area contributed by atoms with Crippen molar-refractivity contribution in [1.82, 2.24) is 0 Å². The number of hydrogen-bond acceptors (Lipinski definition) is 4. The normalized spacial score (nSPS) is 26.3. The molecule has 2 aromatic rings. The third kappa shape index (κ3) is 3.29. The van der Waals surface area contributed by atoms with E-state index in [9.17, 15) is 4.79 Å². The highest BCUT2D eigenvalue weighted by Crippen LogP contribution is 2.69. The molecule has 0 saturated heterocycles. The van der Waals surface area contributed by atoms with Gasteiger partial charge in [0.1, 0.15) is 11.7 Å². The van der Waals surface area contributed by atoms with Gasteiger partial charge in [0, 0.05) is 11.6 Å². The Hall–Kier alpha value is -1.47. The minimum Gasteiger partial charge on any atom is -0.468 e. The van der Waals surface area contributed by atoms with E-state index in [2.05, 4.69) is 49.8 Å². The van der Waals surface area contributed by atoms with E-state index in [1.165, 1.54) is 7.11 Å². The van der Waals surface area contributed by atoms with Gasteiger partial charge in [0.25, 0.3) is 0 Å². The van der Waals surface area contributed by atoms with Crippen LogP contribution in [0.5, 0.6) is 0 Å². The summed E-state index contributed by atoms with van der Waals surface area (Å²) in [6, 6.07) is 17.7. The van der Waals surface area contributed by atoms with Crippen molar-refractivity contribution in [2.75, 3.05) is 14.2 Å². The van der Waals surface area contributed by atoms with Crippen molar-refractivity contribution in [2.24, 2.45) is 0 Å². The first-order valence-electron chi connectivity index (χ1n) is 10.1. The molecule has 162 valence electrons. The van der Waals surface area contributed by atoms with Crippen LogP contribution in [0.3, 0.4) is 0 Å². The van der Waals surface area contributed by atoms with Gasteiger partial charge in [0.15, 0.2) is 13.7 Å². The molecule has 0 N–H and O–H groups in total. The zero-order valence-electron chi connectivity index (χ0n) is 18.8.